The van der Waals surface area contributed by atoms with Crippen molar-refractivity contribution in [3.05, 3.63) is 57.7 Å². The molecule has 0 atom stereocenters. The summed E-state index contributed by atoms with van der Waals surface area (Å²) in [5.74, 6) is -0.182. The van der Waals surface area contributed by atoms with Crippen LogP contribution in [0.2, 0.25) is 0 Å². The molecule has 0 aliphatic rings. The van der Waals surface area contributed by atoms with Crippen LogP contribution in [0.15, 0.2) is 48.5 Å². The Morgan fingerprint density at radius 2 is 1.65 bits per heavy atom. The lowest BCUT2D eigenvalue weighted by Gasteiger charge is -2.14. The molecule has 1 N–H and O–H groups in total. The Labute approximate surface area is 128 Å². The van der Waals surface area contributed by atoms with Gasteiger partial charge >= 0.3 is 6.36 Å². The van der Waals surface area contributed by atoms with Crippen LogP contribution in [0, 0.1) is 3.57 Å². The van der Waals surface area contributed by atoms with E-state index < -0.39 is 6.36 Å². The van der Waals surface area contributed by atoms with Gasteiger partial charge in [0.25, 0.3) is 0 Å². The van der Waals surface area contributed by atoms with E-state index in [2.05, 4.69) is 32.6 Å². The van der Waals surface area contributed by atoms with Crippen LogP contribution in [-0.2, 0) is 6.54 Å². The van der Waals surface area contributed by atoms with Crippen molar-refractivity contribution >= 4 is 28.3 Å². The lowest BCUT2D eigenvalue weighted by molar-refractivity contribution is -0.274. The zero-order valence-electron chi connectivity index (χ0n) is 10.2. The molecule has 2 rings (SSSR count). The van der Waals surface area contributed by atoms with Gasteiger partial charge < -0.3 is 10.1 Å². The number of halogens is 4. The van der Waals surface area contributed by atoms with E-state index in [1.54, 1.807) is 12.1 Å². The number of benzene rings is 2. The summed E-state index contributed by atoms with van der Waals surface area (Å²) in [6.07, 6.45) is -4.68. The molecule has 0 bridgehead atoms. The maximum Gasteiger partial charge on any atom is 0.573 e. The first-order valence-corrected chi connectivity index (χ1v) is 6.85. The minimum absolute atomic E-state index is 0.182. The third-order valence-corrected chi connectivity index (χ3v) is 3.24. The number of anilines is 1. The van der Waals surface area contributed by atoms with Crippen LogP contribution in [0.25, 0.3) is 0 Å². The number of alkyl halides is 3. The van der Waals surface area contributed by atoms with E-state index in [1.807, 2.05) is 24.3 Å². The fourth-order valence-electron chi connectivity index (χ4n) is 1.64. The van der Waals surface area contributed by atoms with Gasteiger partial charge in [-0.05, 0) is 52.9 Å². The van der Waals surface area contributed by atoms with Crippen LogP contribution in [-0.4, -0.2) is 6.36 Å². The average molecular weight is 393 g/mol. The number of ether oxygens (including phenoxy) is 1. The smallest absolute Gasteiger partial charge is 0.405 e. The number of nitrogens with one attached hydrogen (secondary N) is 1. The Morgan fingerprint density at radius 3 is 2.30 bits per heavy atom. The molecule has 2 nitrogen and oxygen atoms in total. The number of para-hydroxylation sites is 1. The van der Waals surface area contributed by atoms with Gasteiger partial charge in [-0.2, -0.15) is 0 Å². The molecule has 0 amide bonds. The summed E-state index contributed by atoms with van der Waals surface area (Å²) in [7, 11) is 0. The topological polar surface area (TPSA) is 21.3 Å². The van der Waals surface area contributed by atoms with Gasteiger partial charge in [0.05, 0.1) is 0 Å². The molecule has 2 aromatic rings. The zero-order valence-corrected chi connectivity index (χ0v) is 12.4. The summed E-state index contributed by atoms with van der Waals surface area (Å²) >= 11 is 2.18. The van der Waals surface area contributed by atoms with Gasteiger partial charge in [-0.3, -0.25) is 0 Å². The number of hydrogen-bond acceptors (Lipinski definition) is 2. The first-order valence-electron chi connectivity index (χ1n) is 5.77. The van der Waals surface area contributed by atoms with Gasteiger partial charge in [0.1, 0.15) is 5.75 Å². The maximum absolute atomic E-state index is 12.3. The third kappa shape index (κ3) is 4.59. The van der Waals surface area contributed by atoms with Crippen LogP contribution in [0.5, 0.6) is 5.75 Å². The Kier molecular flexibility index (Phi) is 4.74. The van der Waals surface area contributed by atoms with Gasteiger partial charge in [0.2, 0.25) is 0 Å². The minimum Gasteiger partial charge on any atom is -0.405 e. The van der Waals surface area contributed by atoms with E-state index in [9.17, 15) is 13.2 Å². The molecule has 0 aliphatic heterocycles. The van der Waals surface area contributed by atoms with Crippen molar-refractivity contribution in [3.63, 3.8) is 0 Å². The predicted octanol–water partition coefficient (Wildman–Crippen LogP) is 4.80. The van der Waals surface area contributed by atoms with Crippen LogP contribution in [0.4, 0.5) is 18.9 Å². The largest absolute Gasteiger partial charge is 0.573 e. The molecule has 106 valence electrons. The normalized spacial score (nSPS) is 11.2. The van der Waals surface area contributed by atoms with Crippen molar-refractivity contribution in [1.29, 1.82) is 0 Å². The van der Waals surface area contributed by atoms with Gasteiger partial charge in [0.15, 0.2) is 0 Å². The van der Waals surface area contributed by atoms with Crippen molar-refractivity contribution < 1.29 is 17.9 Å². The van der Waals surface area contributed by atoms with E-state index in [4.69, 9.17) is 0 Å². The standard InChI is InChI=1S/C14H11F3INO/c15-14(16,17)20-13-4-2-1-3-10(13)9-19-12-7-5-11(18)6-8-12/h1-8,19H,9H2. The van der Waals surface area contributed by atoms with Crippen LogP contribution < -0.4 is 10.1 Å². The van der Waals surface area contributed by atoms with Crippen molar-refractivity contribution in [3.8, 4) is 5.75 Å². The molecule has 0 aliphatic carbocycles. The Hall–Kier alpha value is -1.44. The highest BCUT2D eigenvalue weighted by Gasteiger charge is 2.31. The summed E-state index contributed by atoms with van der Waals surface area (Å²) in [5.41, 5.74) is 1.29. The quantitative estimate of drug-likeness (QED) is 0.754. The first-order chi connectivity index (χ1) is 9.44. The van der Waals surface area contributed by atoms with E-state index >= 15 is 0 Å². The van der Waals surface area contributed by atoms with Crippen LogP contribution >= 0.6 is 22.6 Å². The Bertz CT molecular complexity index is 569. The molecular weight excluding hydrogens is 382 g/mol. The zero-order chi connectivity index (χ0) is 14.6. The number of rotatable bonds is 4. The van der Waals surface area contributed by atoms with Crippen molar-refractivity contribution in [2.45, 2.75) is 12.9 Å². The molecule has 0 radical (unpaired) electrons. The summed E-state index contributed by atoms with van der Waals surface area (Å²) in [6.45, 7) is 0.257. The highest BCUT2D eigenvalue weighted by Crippen LogP contribution is 2.26. The third-order valence-electron chi connectivity index (χ3n) is 2.53. The predicted molar refractivity (Wildman–Crippen MR) is 79.6 cm³/mol. The highest BCUT2D eigenvalue weighted by atomic mass is 127. The highest BCUT2D eigenvalue weighted by molar-refractivity contribution is 14.1. The average Bonchev–Trinajstić information content (AvgIpc) is 2.38. The molecule has 6 heteroatoms. The fourth-order valence-corrected chi connectivity index (χ4v) is 2.00. The van der Waals surface area contributed by atoms with E-state index in [1.165, 1.54) is 12.1 Å². The molecule has 2 aromatic carbocycles. The first kappa shape index (κ1) is 15.0. The molecule has 0 saturated heterocycles. The van der Waals surface area contributed by atoms with Crippen LogP contribution in [0.3, 0.4) is 0 Å². The van der Waals surface area contributed by atoms with Gasteiger partial charge in [-0.1, -0.05) is 18.2 Å². The molecule has 0 spiro atoms. The second kappa shape index (κ2) is 6.34. The molecule has 0 aromatic heterocycles. The molecule has 20 heavy (non-hydrogen) atoms. The van der Waals surface area contributed by atoms with Crippen molar-refractivity contribution in [2.75, 3.05) is 5.32 Å². The summed E-state index contributed by atoms with van der Waals surface area (Å²) < 4.78 is 41.9. The van der Waals surface area contributed by atoms with Gasteiger partial charge in [-0.25, -0.2) is 0 Å². The summed E-state index contributed by atoms with van der Waals surface area (Å²) in [6, 6.07) is 13.7. The summed E-state index contributed by atoms with van der Waals surface area (Å²) in [4.78, 5) is 0. The monoisotopic (exact) mass is 393 g/mol. The lowest BCUT2D eigenvalue weighted by atomic mass is 10.2. The van der Waals surface area contributed by atoms with E-state index in [-0.39, 0.29) is 12.3 Å². The van der Waals surface area contributed by atoms with Gasteiger partial charge in [0, 0.05) is 21.4 Å². The SMILES string of the molecule is FC(F)(F)Oc1ccccc1CNc1ccc(I)cc1. The second-order valence-electron chi connectivity index (χ2n) is 4.02. The van der Waals surface area contributed by atoms with Gasteiger partial charge in [-0.15, -0.1) is 13.2 Å². The minimum atomic E-state index is -4.68. The maximum atomic E-state index is 12.3. The lowest BCUT2D eigenvalue weighted by Crippen LogP contribution is -2.18. The molecule has 0 unspecified atom stereocenters. The Morgan fingerprint density at radius 1 is 1.00 bits per heavy atom. The molecule has 0 heterocycles. The summed E-state index contributed by atoms with van der Waals surface area (Å²) in [5, 5.41) is 3.06. The van der Waals surface area contributed by atoms with Crippen molar-refractivity contribution in [1.82, 2.24) is 0 Å². The van der Waals surface area contributed by atoms with E-state index in [0.29, 0.717) is 5.56 Å². The molecule has 0 fully saturated rings. The molecule has 0 saturated carbocycles. The van der Waals surface area contributed by atoms with E-state index in [0.717, 1.165) is 9.26 Å². The Balaban J connectivity index is 2.07. The fraction of sp³-hybridized carbons (Fsp3) is 0.143. The van der Waals surface area contributed by atoms with Crippen molar-refractivity contribution in [2.24, 2.45) is 0 Å². The van der Waals surface area contributed by atoms with Crippen LogP contribution in [0.1, 0.15) is 5.56 Å². The molecular formula is C14H11F3INO. The number of hydrogen-bond donors (Lipinski definition) is 1. The second-order valence-corrected chi connectivity index (χ2v) is 5.26.